The van der Waals surface area contributed by atoms with Gasteiger partial charge in [0.2, 0.25) is 17.6 Å². The van der Waals surface area contributed by atoms with Crippen LogP contribution in [0.5, 0.6) is 17.2 Å². The number of carbonyl (C=O) groups is 3. The topological polar surface area (TPSA) is 119 Å². The fourth-order valence-corrected chi connectivity index (χ4v) is 3.51. The molecule has 1 heterocycles. The molecule has 0 saturated heterocycles. The van der Waals surface area contributed by atoms with Crippen molar-refractivity contribution < 1.29 is 33.0 Å². The molecular weight excluding hydrogens is 466 g/mol. The van der Waals surface area contributed by atoms with E-state index < -0.39 is 11.8 Å². The number of ether oxygens (including phenoxy) is 3. The summed E-state index contributed by atoms with van der Waals surface area (Å²) in [6.45, 7) is 1.38. The quantitative estimate of drug-likeness (QED) is 0.420. The predicted molar refractivity (Wildman–Crippen MR) is 132 cm³/mol. The number of benzene rings is 2. The van der Waals surface area contributed by atoms with Crippen LogP contribution in [0, 0.1) is 6.92 Å². The summed E-state index contributed by atoms with van der Waals surface area (Å²) in [6.07, 6.45) is 1.48. The molecule has 0 spiro atoms. The number of hydrogen-bond acceptors (Lipinski definition) is 7. The van der Waals surface area contributed by atoms with E-state index in [0.717, 1.165) is 5.56 Å². The average molecular weight is 496 g/mol. The lowest BCUT2D eigenvalue weighted by molar-refractivity contribution is -0.124. The Balaban J connectivity index is 1.72. The first-order valence-corrected chi connectivity index (χ1v) is 11.1. The molecule has 3 aromatic rings. The lowest BCUT2D eigenvalue weighted by Crippen LogP contribution is -2.42. The third kappa shape index (κ3) is 6.78. The molecule has 0 bridgehead atoms. The Labute approximate surface area is 209 Å². The summed E-state index contributed by atoms with van der Waals surface area (Å²) in [5, 5.41) is 5.28. The lowest BCUT2D eigenvalue weighted by atomic mass is 10.1. The highest BCUT2D eigenvalue weighted by Gasteiger charge is 2.24. The zero-order valence-corrected chi connectivity index (χ0v) is 20.6. The van der Waals surface area contributed by atoms with Crippen LogP contribution in [0.3, 0.4) is 0 Å². The molecule has 10 nitrogen and oxygen atoms in total. The first kappa shape index (κ1) is 26.1. The molecule has 1 aromatic heterocycles. The van der Waals surface area contributed by atoms with Crippen LogP contribution in [0.2, 0.25) is 0 Å². The van der Waals surface area contributed by atoms with E-state index in [9.17, 15) is 14.4 Å². The highest BCUT2D eigenvalue weighted by Crippen LogP contribution is 2.38. The van der Waals surface area contributed by atoms with Crippen LogP contribution in [0.25, 0.3) is 0 Å². The van der Waals surface area contributed by atoms with Crippen molar-refractivity contribution in [2.75, 3.05) is 39.7 Å². The number of rotatable bonds is 11. The maximum Gasteiger partial charge on any atom is 0.255 e. The van der Waals surface area contributed by atoms with Gasteiger partial charge in [0.05, 0.1) is 40.7 Å². The van der Waals surface area contributed by atoms with E-state index in [4.69, 9.17) is 18.6 Å². The van der Waals surface area contributed by atoms with Gasteiger partial charge in [-0.15, -0.1) is 0 Å². The van der Waals surface area contributed by atoms with E-state index >= 15 is 0 Å². The molecule has 36 heavy (non-hydrogen) atoms. The molecule has 0 saturated carbocycles. The maximum atomic E-state index is 13.4. The van der Waals surface area contributed by atoms with Gasteiger partial charge < -0.3 is 34.2 Å². The van der Waals surface area contributed by atoms with Crippen molar-refractivity contribution in [3.63, 3.8) is 0 Å². The number of carbonyl (C=O) groups excluding carboxylic acids is 3. The van der Waals surface area contributed by atoms with Gasteiger partial charge in [-0.25, -0.2) is 0 Å². The minimum Gasteiger partial charge on any atom is -0.493 e. The average Bonchev–Trinajstić information content (AvgIpc) is 3.39. The molecule has 0 aliphatic rings. The third-order valence-corrected chi connectivity index (χ3v) is 5.21. The van der Waals surface area contributed by atoms with Crippen molar-refractivity contribution in [3.8, 4) is 17.2 Å². The molecule has 3 amide bonds. The van der Waals surface area contributed by atoms with Crippen LogP contribution in [0.4, 0.5) is 5.69 Å². The number of methoxy groups -OCH3 is 3. The Morgan fingerprint density at radius 3 is 2.22 bits per heavy atom. The van der Waals surface area contributed by atoms with Gasteiger partial charge in [-0.3, -0.25) is 14.4 Å². The van der Waals surface area contributed by atoms with Crippen molar-refractivity contribution in [2.45, 2.75) is 13.5 Å². The SMILES string of the molecule is COc1cc(C(=O)N(CC(=O)NCC(=O)Nc2cccc(C)c2)Cc2ccco2)cc(OC)c1OC. The van der Waals surface area contributed by atoms with Crippen molar-refractivity contribution in [1.82, 2.24) is 10.2 Å². The van der Waals surface area contributed by atoms with Gasteiger partial charge >= 0.3 is 0 Å². The second kappa shape index (κ2) is 12.3. The second-order valence-corrected chi connectivity index (χ2v) is 7.85. The number of furan rings is 1. The highest BCUT2D eigenvalue weighted by molar-refractivity contribution is 5.99. The van der Waals surface area contributed by atoms with Gasteiger partial charge in [0, 0.05) is 11.3 Å². The summed E-state index contributed by atoms with van der Waals surface area (Å²) in [7, 11) is 4.35. The second-order valence-electron chi connectivity index (χ2n) is 7.85. The lowest BCUT2D eigenvalue weighted by Gasteiger charge is -2.22. The fourth-order valence-electron chi connectivity index (χ4n) is 3.51. The Kier molecular flexibility index (Phi) is 8.93. The largest absolute Gasteiger partial charge is 0.493 e. The Morgan fingerprint density at radius 1 is 0.917 bits per heavy atom. The van der Waals surface area contributed by atoms with Crippen molar-refractivity contribution in [2.24, 2.45) is 0 Å². The molecule has 190 valence electrons. The molecule has 2 aromatic carbocycles. The zero-order chi connectivity index (χ0) is 26.1. The van der Waals surface area contributed by atoms with E-state index in [1.54, 1.807) is 18.2 Å². The van der Waals surface area contributed by atoms with Gasteiger partial charge in [0.25, 0.3) is 5.91 Å². The molecule has 3 rings (SSSR count). The van der Waals surface area contributed by atoms with Crippen molar-refractivity contribution >= 4 is 23.4 Å². The molecular formula is C26H29N3O7. The smallest absolute Gasteiger partial charge is 0.255 e. The van der Waals surface area contributed by atoms with Gasteiger partial charge in [0.1, 0.15) is 12.3 Å². The number of anilines is 1. The molecule has 10 heteroatoms. The van der Waals surface area contributed by atoms with Crippen LogP contribution in [-0.2, 0) is 16.1 Å². The van der Waals surface area contributed by atoms with Crippen LogP contribution in [-0.4, -0.2) is 57.0 Å². The zero-order valence-electron chi connectivity index (χ0n) is 20.6. The van der Waals surface area contributed by atoms with Gasteiger partial charge in [-0.1, -0.05) is 12.1 Å². The van der Waals surface area contributed by atoms with Crippen molar-refractivity contribution in [1.29, 1.82) is 0 Å². The minimum absolute atomic E-state index is 0.0331. The van der Waals surface area contributed by atoms with Crippen LogP contribution >= 0.6 is 0 Å². The summed E-state index contributed by atoms with van der Waals surface area (Å²) < 4.78 is 21.4. The first-order chi connectivity index (χ1) is 17.3. The van der Waals surface area contributed by atoms with Gasteiger partial charge in [-0.05, 0) is 48.9 Å². The number of hydrogen-bond donors (Lipinski definition) is 2. The normalized spacial score (nSPS) is 10.3. The number of nitrogens with zero attached hydrogens (tertiary/aromatic N) is 1. The summed E-state index contributed by atoms with van der Waals surface area (Å²) in [4.78, 5) is 39.7. The number of nitrogens with one attached hydrogen (secondary N) is 2. The Hall–Kier alpha value is -4.47. The van der Waals surface area contributed by atoms with Crippen LogP contribution < -0.4 is 24.8 Å². The monoisotopic (exact) mass is 495 g/mol. The summed E-state index contributed by atoms with van der Waals surface area (Å²) >= 11 is 0. The van der Waals surface area contributed by atoms with Crippen LogP contribution in [0.15, 0.2) is 59.2 Å². The molecule has 0 fully saturated rings. The summed E-state index contributed by atoms with van der Waals surface area (Å²) in [5.41, 5.74) is 1.85. The molecule has 0 unspecified atom stereocenters. The van der Waals surface area contributed by atoms with E-state index in [1.165, 1.54) is 44.6 Å². The molecule has 2 N–H and O–H groups in total. The van der Waals surface area contributed by atoms with Gasteiger partial charge in [-0.2, -0.15) is 0 Å². The van der Waals surface area contributed by atoms with E-state index in [2.05, 4.69) is 10.6 Å². The Bertz CT molecular complexity index is 1180. The standard InChI is InChI=1S/C26H29N3O7/c1-17-7-5-8-19(11-17)28-23(30)14-27-24(31)16-29(15-20-9-6-10-36-20)26(32)18-12-21(33-2)25(35-4)22(13-18)34-3/h5-13H,14-16H2,1-4H3,(H,27,31)(H,28,30). The Morgan fingerprint density at radius 2 is 1.64 bits per heavy atom. The maximum absolute atomic E-state index is 13.4. The molecule has 0 atom stereocenters. The van der Waals surface area contributed by atoms with Crippen molar-refractivity contribution in [3.05, 3.63) is 71.7 Å². The minimum atomic E-state index is -0.512. The van der Waals surface area contributed by atoms with E-state index in [-0.39, 0.29) is 31.1 Å². The first-order valence-electron chi connectivity index (χ1n) is 11.1. The number of aryl methyl sites for hydroxylation is 1. The van der Waals surface area contributed by atoms with Crippen LogP contribution in [0.1, 0.15) is 21.7 Å². The molecule has 0 aliphatic heterocycles. The molecule has 0 aliphatic carbocycles. The number of amides is 3. The van der Waals surface area contributed by atoms with Gasteiger partial charge in [0.15, 0.2) is 11.5 Å². The predicted octanol–water partition coefficient (Wildman–Crippen LogP) is 3.01. The van der Waals surface area contributed by atoms with E-state index in [1.807, 2.05) is 25.1 Å². The third-order valence-electron chi connectivity index (χ3n) is 5.21. The fraction of sp³-hybridized carbons (Fsp3) is 0.269. The summed E-state index contributed by atoms with van der Waals surface area (Å²) in [5.74, 6) is 0.0624. The molecule has 0 radical (unpaired) electrons. The van der Waals surface area contributed by atoms with E-state index in [0.29, 0.717) is 28.7 Å². The highest BCUT2D eigenvalue weighted by atomic mass is 16.5. The summed E-state index contributed by atoms with van der Waals surface area (Å²) in [6, 6.07) is 13.7.